The zero-order valence-corrected chi connectivity index (χ0v) is 7.56. The fourth-order valence-electron chi connectivity index (χ4n) is 0.789. The normalized spacial score (nSPS) is 10.6. The summed E-state index contributed by atoms with van der Waals surface area (Å²) >= 11 is 10.3. The minimum absolute atomic E-state index is 0.739. The van der Waals surface area contributed by atoms with Crippen molar-refractivity contribution in [2.45, 2.75) is 6.61 Å². The molecule has 1 rings (SSSR count). The molecule has 0 aromatic heterocycles. The van der Waals surface area contributed by atoms with Crippen molar-refractivity contribution in [3.8, 4) is 0 Å². The van der Waals surface area contributed by atoms with Gasteiger partial charge in [0.2, 0.25) is 0 Å². The second-order valence-electron chi connectivity index (χ2n) is 2.21. The Morgan fingerprint density at radius 2 is 1.31 bits per heavy atom. The summed E-state index contributed by atoms with van der Waals surface area (Å²) in [5, 5.41) is 6.68. The highest BCUT2D eigenvalue weighted by molar-refractivity contribution is 6.35. The third kappa shape index (κ3) is 1.61. The molecule has 0 spiro atoms. The summed E-state index contributed by atoms with van der Waals surface area (Å²) in [6.45, 7) is -0.933. The van der Waals surface area contributed by atoms with Gasteiger partial charge in [0.05, 0.1) is 12.2 Å². The molecule has 0 radical (unpaired) electrons. The molecule has 72 valence electrons. The van der Waals surface area contributed by atoms with Gasteiger partial charge in [-0.1, -0.05) is 23.2 Å². The van der Waals surface area contributed by atoms with Gasteiger partial charge in [0.15, 0.2) is 17.5 Å². The highest BCUT2D eigenvalue weighted by Gasteiger charge is 2.21. The van der Waals surface area contributed by atoms with Gasteiger partial charge in [0, 0.05) is 0 Å². The maximum Gasteiger partial charge on any atom is 0.166 e. The minimum atomic E-state index is -1.37. The van der Waals surface area contributed by atoms with Crippen molar-refractivity contribution in [1.29, 1.82) is 0 Å². The summed E-state index contributed by atoms with van der Waals surface area (Å²) in [6, 6.07) is 0. The van der Waals surface area contributed by atoms with E-state index in [0.717, 1.165) is 0 Å². The molecule has 0 fully saturated rings. The predicted octanol–water partition coefficient (Wildman–Crippen LogP) is 2.90. The second kappa shape index (κ2) is 3.74. The van der Waals surface area contributed by atoms with Gasteiger partial charge in [-0.3, -0.25) is 0 Å². The Labute approximate surface area is 81.7 Å². The van der Waals surface area contributed by atoms with Crippen molar-refractivity contribution in [3.05, 3.63) is 33.1 Å². The van der Waals surface area contributed by atoms with Gasteiger partial charge < -0.3 is 5.11 Å². The molecule has 1 N–H and O–H groups in total. The largest absolute Gasteiger partial charge is 0.391 e. The molecule has 0 aliphatic carbocycles. The lowest BCUT2D eigenvalue weighted by atomic mass is 10.2. The molecule has 0 atom stereocenters. The molecule has 0 bridgehead atoms. The first-order chi connectivity index (χ1) is 6.00. The van der Waals surface area contributed by atoms with E-state index in [4.69, 9.17) is 28.3 Å². The number of hydrogen-bond donors (Lipinski definition) is 1. The first-order valence-electron chi connectivity index (χ1n) is 3.11. The van der Waals surface area contributed by atoms with Crippen LogP contribution in [-0.2, 0) is 6.61 Å². The standard InChI is InChI=1S/C7H3Cl2F3O/c8-3-5(10)2(1-13)6(11)4(9)7(3)12/h13H,1H2. The highest BCUT2D eigenvalue weighted by atomic mass is 35.5. The zero-order chi connectivity index (χ0) is 10.2. The van der Waals surface area contributed by atoms with Crippen LogP contribution in [0.3, 0.4) is 0 Å². The van der Waals surface area contributed by atoms with Gasteiger partial charge in [0.1, 0.15) is 10.0 Å². The number of hydrogen-bond acceptors (Lipinski definition) is 1. The molecule has 6 heteroatoms. The van der Waals surface area contributed by atoms with Crippen LogP contribution in [0.1, 0.15) is 5.56 Å². The molecule has 0 aliphatic heterocycles. The Kier molecular flexibility index (Phi) is 3.05. The first-order valence-corrected chi connectivity index (χ1v) is 3.87. The fourth-order valence-corrected chi connectivity index (χ4v) is 1.25. The second-order valence-corrected chi connectivity index (χ2v) is 2.96. The van der Waals surface area contributed by atoms with Crippen LogP contribution < -0.4 is 0 Å². The Morgan fingerprint density at radius 3 is 1.62 bits per heavy atom. The lowest BCUT2D eigenvalue weighted by molar-refractivity contribution is 0.268. The van der Waals surface area contributed by atoms with Gasteiger partial charge in [-0.2, -0.15) is 0 Å². The maximum absolute atomic E-state index is 12.9. The molecule has 1 aromatic carbocycles. The summed E-state index contributed by atoms with van der Waals surface area (Å²) in [4.78, 5) is 0. The monoisotopic (exact) mass is 230 g/mol. The molecule has 0 heterocycles. The van der Waals surface area contributed by atoms with E-state index in [1.165, 1.54) is 0 Å². The number of aliphatic hydroxyl groups is 1. The van der Waals surface area contributed by atoms with Crippen molar-refractivity contribution >= 4 is 23.2 Å². The average molecular weight is 231 g/mol. The molecule has 0 saturated carbocycles. The number of halogens is 5. The highest BCUT2D eigenvalue weighted by Crippen LogP contribution is 2.31. The van der Waals surface area contributed by atoms with E-state index in [0.29, 0.717) is 0 Å². The third-order valence-corrected chi connectivity index (χ3v) is 2.12. The van der Waals surface area contributed by atoms with Crippen LogP contribution in [0.4, 0.5) is 13.2 Å². The van der Waals surface area contributed by atoms with E-state index >= 15 is 0 Å². The summed E-state index contributed by atoms with van der Waals surface area (Å²) < 4.78 is 38.5. The molecular weight excluding hydrogens is 228 g/mol. The maximum atomic E-state index is 12.9. The summed E-state index contributed by atoms with van der Waals surface area (Å²) in [7, 11) is 0. The SMILES string of the molecule is OCc1c(F)c(Cl)c(F)c(Cl)c1F. The number of aliphatic hydroxyl groups excluding tert-OH is 1. The van der Waals surface area contributed by atoms with Gasteiger partial charge in [0.25, 0.3) is 0 Å². The molecule has 13 heavy (non-hydrogen) atoms. The van der Waals surface area contributed by atoms with Crippen LogP contribution in [0, 0.1) is 17.5 Å². The molecular formula is C7H3Cl2F3O. The van der Waals surface area contributed by atoms with Crippen LogP contribution in [0.5, 0.6) is 0 Å². The summed E-state index contributed by atoms with van der Waals surface area (Å²) in [6.07, 6.45) is 0. The van der Waals surface area contributed by atoms with Gasteiger partial charge in [-0.05, 0) is 0 Å². The van der Waals surface area contributed by atoms with Crippen molar-refractivity contribution in [2.24, 2.45) is 0 Å². The van der Waals surface area contributed by atoms with Crippen LogP contribution in [-0.4, -0.2) is 5.11 Å². The molecule has 0 unspecified atom stereocenters. The lowest BCUT2D eigenvalue weighted by Crippen LogP contribution is -2.00. The number of rotatable bonds is 1. The van der Waals surface area contributed by atoms with Gasteiger partial charge in [-0.25, -0.2) is 13.2 Å². The van der Waals surface area contributed by atoms with E-state index in [1.807, 2.05) is 0 Å². The summed E-state index contributed by atoms with van der Waals surface area (Å²) in [5.74, 6) is -4.03. The van der Waals surface area contributed by atoms with Crippen molar-refractivity contribution in [3.63, 3.8) is 0 Å². The van der Waals surface area contributed by atoms with Crippen LogP contribution in [0.25, 0.3) is 0 Å². The van der Waals surface area contributed by atoms with Crippen LogP contribution in [0.2, 0.25) is 10.0 Å². The Bertz CT molecular complexity index is 325. The van der Waals surface area contributed by atoms with E-state index in [9.17, 15) is 13.2 Å². The van der Waals surface area contributed by atoms with Gasteiger partial charge in [-0.15, -0.1) is 0 Å². The Morgan fingerprint density at radius 1 is 0.923 bits per heavy atom. The van der Waals surface area contributed by atoms with E-state index in [1.54, 1.807) is 0 Å². The average Bonchev–Trinajstić information content (AvgIpc) is 2.13. The molecule has 0 saturated heterocycles. The first kappa shape index (κ1) is 10.6. The lowest BCUT2D eigenvalue weighted by Gasteiger charge is -2.06. The van der Waals surface area contributed by atoms with Crippen molar-refractivity contribution in [1.82, 2.24) is 0 Å². The third-order valence-electron chi connectivity index (χ3n) is 1.46. The quantitative estimate of drug-likeness (QED) is 0.581. The van der Waals surface area contributed by atoms with Gasteiger partial charge >= 0.3 is 0 Å². The minimum Gasteiger partial charge on any atom is -0.391 e. The van der Waals surface area contributed by atoms with E-state index in [2.05, 4.69) is 0 Å². The van der Waals surface area contributed by atoms with Crippen LogP contribution in [0.15, 0.2) is 0 Å². The molecule has 0 aliphatic rings. The molecule has 1 nitrogen and oxygen atoms in total. The van der Waals surface area contributed by atoms with Crippen LogP contribution >= 0.6 is 23.2 Å². The smallest absolute Gasteiger partial charge is 0.166 e. The Balaban J connectivity index is 3.56. The van der Waals surface area contributed by atoms with Crippen molar-refractivity contribution < 1.29 is 18.3 Å². The topological polar surface area (TPSA) is 20.2 Å². The fraction of sp³-hybridized carbons (Fsp3) is 0.143. The van der Waals surface area contributed by atoms with E-state index < -0.39 is 39.7 Å². The Hall–Kier alpha value is -0.450. The molecule has 1 aromatic rings. The van der Waals surface area contributed by atoms with E-state index in [-0.39, 0.29) is 0 Å². The van der Waals surface area contributed by atoms with Crippen molar-refractivity contribution in [2.75, 3.05) is 0 Å². The summed E-state index contributed by atoms with van der Waals surface area (Å²) in [5.41, 5.74) is -0.739. The predicted molar refractivity (Wildman–Crippen MR) is 42.3 cm³/mol. The zero-order valence-electron chi connectivity index (χ0n) is 6.04. The molecule has 0 amide bonds. The number of benzene rings is 1.